The van der Waals surface area contributed by atoms with Crippen molar-refractivity contribution in [2.45, 2.75) is 38.9 Å². The first-order chi connectivity index (χ1) is 12.3. The minimum absolute atomic E-state index is 0. The molecule has 0 aliphatic rings. The third kappa shape index (κ3) is 7.18. The lowest BCUT2D eigenvalue weighted by molar-refractivity contribution is 0.338. The molecule has 0 bridgehead atoms. The second-order valence-electron chi connectivity index (χ2n) is 7.53. The van der Waals surface area contributed by atoms with E-state index in [1.165, 1.54) is 11.3 Å². The third-order valence-electron chi connectivity index (χ3n) is 4.62. The van der Waals surface area contributed by atoms with E-state index in [1.807, 2.05) is 7.05 Å². The maximum absolute atomic E-state index is 4.43. The van der Waals surface area contributed by atoms with Gasteiger partial charge >= 0.3 is 0 Å². The molecule has 27 heavy (non-hydrogen) atoms. The Bertz CT molecular complexity index is 708. The Balaban J connectivity index is 0.00000364. The molecule has 6 heteroatoms. The molecule has 1 aromatic heterocycles. The van der Waals surface area contributed by atoms with Crippen LogP contribution in [0.25, 0.3) is 0 Å². The van der Waals surface area contributed by atoms with Crippen LogP contribution < -0.4 is 10.6 Å². The highest BCUT2D eigenvalue weighted by Gasteiger charge is 2.22. The number of aryl methyl sites for hydroxylation is 1. The van der Waals surface area contributed by atoms with Gasteiger partial charge in [-0.25, -0.2) is 0 Å². The summed E-state index contributed by atoms with van der Waals surface area (Å²) in [5, 5.41) is 7.21. The molecule has 0 radical (unpaired) electrons. The fraction of sp³-hybridized carbons (Fsp3) is 0.476. The molecule has 0 saturated carbocycles. The number of nitrogens with one attached hydrogen (secondary N) is 2. The average molecular weight is 483 g/mol. The number of aromatic nitrogens is 1. The van der Waals surface area contributed by atoms with Crippen molar-refractivity contribution in [3.8, 4) is 0 Å². The molecule has 150 valence electrons. The number of guanidine groups is 1. The fourth-order valence-corrected chi connectivity index (χ4v) is 3.13. The van der Waals surface area contributed by atoms with Gasteiger partial charge in [-0.2, -0.15) is 0 Å². The van der Waals surface area contributed by atoms with E-state index < -0.39 is 0 Å². The summed E-state index contributed by atoms with van der Waals surface area (Å²) in [7, 11) is 5.96. The number of aliphatic imine (C=N–C) groups is 1. The molecule has 1 atom stereocenters. The molecule has 0 aliphatic heterocycles. The molecule has 2 rings (SSSR count). The first-order valence-electron chi connectivity index (χ1n) is 9.17. The molecule has 1 heterocycles. The lowest BCUT2D eigenvalue weighted by atomic mass is 10.0. The van der Waals surface area contributed by atoms with E-state index in [2.05, 4.69) is 109 Å². The van der Waals surface area contributed by atoms with Crippen molar-refractivity contribution < 1.29 is 0 Å². The highest BCUT2D eigenvalue weighted by molar-refractivity contribution is 14.0. The summed E-state index contributed by atoms with van der Waals surface area (Å²) in [4.78, 5) is 6.58. The lowest BCUT2D eigenvalue weighted by Gasteiger charge is -2.32. The van der Waals surface area contributed by atoms with Crippen molar-refractivity contribution in [3.63, 3.8) is 0 Å². The van der Waals surface area contributed by atoms with Crippen LogP contribution in [0, 0.1) is 0 Å². The van der Waals surface area contributed by atoms with Gasteiger partial charge in [0.05, 0.1) is 6.54 Å². The Hall–Kier alpha value is -1.54. The SMILES string of the molecule is CN=C(NCC(C)(C)NC(C)c1ccccc1)N(C)Cc1cccn1C.I. The molecule has 0 aliphatic carbocycles. The maximum Gasteiger partial charge on any atom is 0.193 e. The average Bonchev–Trinajstić information content (AvgIpc) is 3.00. The van der Waals surface area contributed by atoms with Gasteiger partial charge in [-0.1, -0.05) is 30.3 Å². The van der Waals surface area contributed by atoms with Gasteiger partial charge in [-0.3, -0.25) is 4.99 Å². The van der Waals surface area contributed by atoms with Crippen LogP contribution in [0.1, 0.15) is 38.1 Å². The maximum atomic E-state index is 4.43. The number of rotatable bonds is 7. The van der Waals surface area contributed by atoms with Crippen molar-refractivity contribution in [2.75, 3.05) is 20.6 Å². The van der Waals surface area contributed by atoms with Gasteiger partial charge in [0.2, 0.25) is 0 Å². The molecular weight excluding hydrogens is 449 g/mol. The third-order valence-corrected chi connectivity index (χ3v) is 4.62. The summed E-state index contributed by atoms with van der Waals surface area (Å²) in [6.07, 6.45) is 2.07. The van der Waals surface area contributed by atoms with Gasteiger partial charge in [-0.15, -0.1) is 24.0 Å². The number of hydrogen-bond acceptors (Lipinski definition) is 2. The quantitative estimate of drug-likeness (QED) is 0.358. The van der Waals surface area contributed by atoms with Crippen molar-refractivity contribution in [3.05, 3.63) is 59.9 Å². The molecule has 2 N–H and O–H groups in total. The van der Waals surface area contributed by atoms with Crippen LogP contribution >= 0.6 is 24.0 Å². The Morgan fingerprint density at radius 3 is 2.41 bits per heavy atom. The Labute approximate surface area is 181 Å². The van der Waals surface area contributed by atoms with E-state index in [0.29, 0.717) is 0 Å². The second kappa shape index (κ2) is 10.7. The Morgan fingerprint density at radius 1 is 1.19 bits per heavy atom. The summed E-state index contributed by atoms with van der Waals surface area (Å²) in [5.41, 5.74) is 2.48. The summed E-state index contributed by atoms with van der Waals surface area (Å²) >= 11 is 0. The number of nitrogens with zero attached hydrogens (tertiary/aromatic N) is 3. The van der Waals surface area contributed by atoms with Crippen molar-refractivity contribution in [2.24, 2.45) is 12.0 Å². The van der Waals surface area contributed by atoms with Crippen molar-refractivity contribution in [1.82, 2.24) is 20.1 Å². The van der Waals surface area contributed by atoms with E-state index in [1.54, 1.807) is 0 Å². The van der Waals surface area contributed by atoms with Crippen LogP contribution in [0.3, 0.4) is 0 Å². The van der Waals surface area contributed by atoms with Crippen LogP contribution in [0.2, 0.25) is 0 Å². The van der Waals surface area contributed by atoms with E-state index in [-0.39, 0.29) is 35.6 Å². The second-order valence-corrected chi connectivity index (χ2v) is 7.53. The van der Waals surface area contributed by atoms with Gasteiger partial charge in [0, 0.05) is 51.2 Å². The first kappa shape index (κ1) is 23.5. The summed E-state index contributed by atoms with van der Waals surface area (Å²) in [6.45, 7) is 8.23. The van der Waals surface area contributed by atoms with Gasteiger partial charge in [-0.05, 0) is 38.5 Å². The molecule has 1 unspecified atom stereocenters. The number of halogens is 1. The predicted octanol–water partition coefficient (Wildman–Crippen LogP) is 3.78. The molecule has 0 fully saturated rings. The topological polar surface area (TPSA) is 44.6 Å². The monoisotopic (exact) mass is 483 g/mol. The summed E-state index contributed by atoms with van der Waals surface area (Å²) in [5.74, 6) is 0.897. The molecule has 1 aromatic carbocycles. The molecule has 5 nitrogen and oxygen atoms in total. The zero-order valence-electron chi connectivity index (χ0n) is 17.4. The largest absolute Gasteiger partial charge is 0.354 e. The van der Waals surface area contributed by atoms with E-state index in [9.17, 15) is 0 Å². The number of hydrogen-bond donors (Lipinski definition) is 2. The van der Waals surface area contributed by atoms with Gasteiger partial charge in [0.1, 0.15) is 0 Å². The summed E-state index contributed by atoms with van der Waals surface area (Å²) in [6, 6.07) is 15.0. The minimum Gasteiger partial charge on any atom is -0.354 e. The van der Waals surface area contributed by atoms with Crippen LogP contribution in [0.5, 0.6) is 0 Å². The Kier molecular flexibility index (Phi) is 9.32. The predicted molar refractivity (Wildman–Crippen MR) is 126 cm³/mol. The Morgan fingerprint density at radius 2 is 1.85 bits per heavy atom. The van der Waals surface area contributed by atoms with Crippen LogP contribution in [-0.4, -0.2) is 41.6 Å². The van der Waals surface area contributed by atoms with E-state index in [0.717, 1.165) is 19.0 Å². The highest BCUT2D eigenvalue weighted by Crippen LogP contribution is 2.15. The van der Waals surface area contributed by atoms with Gasteiger partial charge in [0.15, 0.2) is 5.96 Å². The molecule has 0 saturated heterocycles. The van der Waals surface area contributed by atoms with E-state index in [4.69, 9.17) is 0 Å². The molecule has 0 amide bonds. The highest BCUT2D eigenvalue weighted by atomic mass is 127. The minimum atomic E-state index is -0.0724. The van der Waals surface area contributed by atoms with E-state index >= 15 is 0 Å². The van der Waals surface area contributed by atoms with Gasteiger partial charge in [0.25, 0.3) is 0 Å². The standard InChI is InChI=1S/C21H33N5.HI/c1-17(18-11-8-7-9-12-18)24-21(2,3)16-23-20(22-4)26(6)15-19-13-10-14-25(19)5;/h7-14,17,24H,15-16H2,1-6H3,(H,22,23);1H. The smallest absolute Gasteiger partial charge is 0.193 e. The van der Waals surface area contributed by atoms with Crippen LogP contribution in [0.4, 0.5) is 0 Å². The normalized spacial score (nSPS) is 13.0. The first-order valence-corrected chi connectivity index (χ1v) is 9.17. The van der Waals surface area contributed by atoms with Crippen LogP contribution in [-0.2, 0) is 13.6 Å². The lowest BCUT2D eigenvalue weighted by Crippen LogP contribution is -2.52. The number of benzene rings is 1. The molecule has 2 aromatic rings. The van der Waals surface area contributed by atoms with Crippen molar-refractivity contribution >= 4 is 29.9 Å². The fourth-order valence-electron chi connectivity index (χ4n) is 3.13. The molecule has 0 spiro atoms. The zero-order valence-corrected chi connectivity index (χ0v) is 19.7. The summed E-state index contributed by atoms with van der Waals surface area (Å²) < 4.78 is 2.14. The van der Waals surface area contributed by atoms with Crippen LogP contribution in [0.15, 0.2) is 53.7 Å². The molecular formula is C21H34IN5. The zero-order chi connectivity index (χ0) is 19.2. The van der Waals surface area contributed by atoms with Crippen molar-refractivity contribution in [1.29, 1.82) is 0 Å². The van der Waals surface area contributed by atoms with Gasteiger partial charge < -0.3 is 20.1 Å².